The van der Waals surface area contributed by atoms with Gasteiger partial charge >= 0.3 is 0 Å². The molecule has 0 radical (unpaired) electrons. The lowest BCUT2D eigenvalue weighted by Gasteiger charge is -2.24. The highest BCUT2D eigenvalue weighted by atomic mass is 32.2. The van der Waals surface area contributed by atoms with Crippen molar-refractivity contribution in [2.75, 3.05) is 80.5 Å². The summed E-state index contributed by atoms with van der Waals surface area (Å²) in [6, 6.07) is 0. The van der Waals surface area contributed by atoms with Gasteiger partial charge in [0.05, 0.1) is 4.58 Å². The minimum Gasteiger partial charge on any atom is -0.161 e. The van der Waals surface area contributed by atoms with E-state index >= 15 is 0 Å². The van der Waals surface area contributed by atoms with Crippen molar-refractivity contribution in [2.45, 2.75) is 43.0 Å². The third kappa shape index (κ3) is 15.3. The van der Waals surface area contributed by atoms with Crippen molar-refractivity contribution >= 4 is 129 Å². The molecule has 0 amide bonds. The molecule has 4 saturated heterocycles. The summed E-state index contributed by atoms with van der Waals surface area (Å²) in [5.74, 6) is 19.3. The molecule has 4 rings (SSSR count). The molecule has 0 saturated carbocycles. The molecule has 192 valence electrons. The van der Waals surface area contributed by atoms with Gasteiger partial charge in [0, 0.05) is 106 Å². The van der Waals surface area contributed by atoms with E-state index in [9.17, 15) is 0 Å². The van der Waals surface area contributed by atoms with Crippen LogP contribution in [0.25, 0.3) is 0 Å². The lowest BCUT2D eigenvalue weighted by atomic mass is 10.5. The Labute approximate surface area is 250 Å². The summed E-state index contributed by atoms with van der Waals surface area (Å²) in [5.41, 5.74) is 0. The molecule has 33 heavy (non-hydrogen) atoms. The van der Waals surface area contributed by atoms with Crippen LogP contribution in [0.2, 0.25) is 0 Å². The summed E-state index contributed by atoms with van der Waals surface area (Å²) in [7, 11) is 0. The second-order valence-electron chi connectivity index (χ2n) is 8.57. The predicted octanol–water partition coefficient (Wildman–Crippen LogP) is 7.66. The summed E-state index contributed by atoms with van der Waals surface area (Å²) < 4.78 is 0.816. The smallest absolute Gasteiger partial charge is 0.0593 e. The van der Waals surface area contributed by atoms with Crippen LogP contribution in [0, 0.1) is 0 Å². The molecule has 0 aromatic rings. The molecule has 11 heteroatoms. The highest BCUT2D eigenvalue weighted by molar-refractivity contribution is 8.19. The lowest BCUT2D eigenvalue weighted by molar-refractivity contribution is 1.08. The minimum absolute atomic E-state index is 0.816. The van der Waals surface area contributed by atoms with Gasteiger partial charge in [0.25, 0.3) is 0 Å². The quantitative estimate of drug-likeness (QED) is 0.0787. The number of rotatable bonds is 23. The Morgan fingerprint density at radius 2 is 1.00 bits per heavy atom. The van der Waals surface area contributed by atoms with Crippen molar-refractivity contribution in [2.24, 2.45) is 0 Å². The van der Waals surface area contributed by atoms with Gasteiger partial charge < -0.3 is 0 Å². The first-order chi connectivity index (χ1) is 16.3. The second-order valence-corrected chi connectivity index (χ2v) is 22.8. The van der Waals surface area contributed by atoms with Crippen LogP contribution in [0.4, 0.5) is 0 Å². The zero-order chi connectivity index (χ0) is 22.7. The first-order valence-electron chi connectivity index (χ1n) is 11.9. The van der Waals surface area contributed by atoms with Gasteiger partial charge in [-0.1, -0.05) is 6.92 Å². The van der Waals surface area contributed by atoms with E-state index in [0.29, 0.717) is 0 Å². The standard InChI is InChI=1S/C22H38S11/c1-2-23-5-20(6-24-3-16-9-27-16)33-21(7-25-4-17-10-28-17)8-26-15-22(31-13-18-11-29-18)32-14-19-12-30-19/h16-22H,2-15H2,1H3. The molecule has 0 N–H and O–H groups in total. The molecule has 0 aromatic heterocycles. The molecular formula is C22H38S11. The highest BCUT2D eigenvalue weighted by Gasteiger charge is 2.28. The first kappa shape index (κ1) is 29.8. The largest absolute Gasteiger partial charge is 0.161 e. The molecule has 6 unspecified atom stereocenters. The maximum Gasteiger partial charge on any atom is 0.0593 e. The van der Waals surface area contributed by atoms with Gasteiger partial charge in [0.2, 0.25) is 0 Å². The topological polar surface area (TPSA) is 0 Å². The van der Waals surface area contributed by atoms with Crippen molar-refractivity contribution in [3.63, 3.8) is 0 Å². The third-order valence-corrected chi connectivity index (χ3v) is 20.5. The number of thioether (sulfide) groups is 11. The van der Waals surface area contributed by atoms with Crippen LogP contribution in [0.3, 0.4) is 0 Å². The molecule has 4 fully saturated rings. The van der Waals surface area contributed by atoms with Crippen molar-refractivity contribution < 1.29 is 0 Å². The average molecular weight is 655 g/mol. The van der Waals surface area contributed by atoms with Crippen LogP contribution in [0.15, 0.2) is 0 Å². The highest BCUT2D eigenvalue weighted by Crippen LogP contribution is 2.41. The normalized spacial score (nSPS) is 30.1. The zero-order valence-electron chi connectivity index (χ0n) is 19.4. The van der Waals surface area contributed by atoms with E-state index in [0.717, 1.165) is 36.1 Å². The Hall–Kier alpha value is 3.85. The maximum atomic E-state index is 2.36. The first-order valence-corrected chi connectivity index (χ1v) is 23.8. The zero-order valence-corrected chi connectivity index (χ0v) is 28.4. The molecule has 0 nitrogen and oxygen atoms in total. The van der Waals surface area contributed by atoms with E-state index < -0.39 is 0 Å². The minimum atomic E-state index is 0.816. The van der Waals surface area contributed by atoms with Crippen LogP contribution in [-0.4, -0.2) is 117 Å². The molecule has 6 atom stereocenters. The fourth-order valence-corrected chi connectivity index (χ4v) is 16.8. The summed E-state index contributed by atoms with van der Waals surface area (Å²) >= 11 is 24.5. The van der Waals surface area contributed by atoms with Gasteiger partial charge in [-0.25, -0.2) is 0 Å². The lowest BCUT2D eigenvalue weighted by Crippen LogP contribution is -2.21. The third-order valence-electron chi connectivity index (χ3n) is 5.21. The van der Waals surface area contributed by atoms with Crippen LogP contribution < -0.4 is 0 Å². The molecule has 0 aliphatic carbocycles. The fourth-order valence-electron chi connectivity index (χ4n) is 2.96. The van der Waals surface area contributed by atoms with E-state index in [1.807, 2.05) is 0 Å². The Morgan fingerprint density at radius 3 is 1.45 bits per heavy atom. The molecule has 0 spiro atoms. The maximum absolute atomic E-state index is 2.36. The van der Waals surface area contributed by atoms with Crippen molar-refractivity contribution in [1.29, 1.82) is 0 Å². The van der Waals surface area contributed by atoms with Crippen LogP contribution in [-0.2, 0) is 0 Å². The van der Waals surface area contributed by atoms with Crippen LogP contribution in [0.1, 0.15) is 6.92 Å². The number of hydrogen-bond donors (Lipinski definition) is 0. The SMILES string of the molecule is CCSCC(CSCC1CS1)SC(CSCC1CS1)CSCC(SCC1CS1)SCC1CS1. The van der Waals surface area contributed by atoms with E-state index in [1.165, 1.54) is 80.5 Å². The molecular weight excluding hydrogens is 617 g/mol. The monoisotopic (exact) mass is 654 g/mol. The fraction of sp³-hybridized carbons (Fsp3) is 1.00. The van der Waals surface area contributed by atoms with Gasteiger partial charge in [0.1, 0.15) is 0 Å². The molecule has 4 aliphatic heterocycles. The Bertz CT molecular complexity index is 506. The van der Waals surface area contributed by atoms with Crippen LogP contribution in [0.5, 0.6) is 0 Å². The number of hydrogen-bond acceptors (Lipinski definition) is 11. The van der Waals surface area contributed by atoms with E-state index in [1.54, 1.807) is 0 Å². The summed E-state index contributed by atoms with van der Waals surface area (Å²) in [6.45, 7) is 2.33. The predicted molar refractivity (Wildman–Crippen MR) is 184 cm³/mol. The van der Waals surface area contributed by atoms with Gasteiger partial charge in [-0.05, 0) is 5.75 Å². The van der Waals surface area contributed by atoms with Crippen LogP contribution >= 0.6 is 129 Å². The summed E-state index contributed by atoms with van der Waals surface area (Å²) in [5, 5.41) is 5.57. The van der Waals surface area contributed by atoms with Crippen molar-refractivity contribution in [1.82, 2.24) is 0 Å². The second kappa shape index (κ2) is 17.5. The average Bonchev–Trinajstić information content (AvgIpc) is 3.64. The van der Waals surface area contributed by atoms with Gasteiger partial charge in [-0.15, -0.1) is 23.5 Å². The summed E-state index contributed by atoms with van der Waals surface area (Å²) in [4.78, 5) is 0. The Morgan fingerprint density at radius 1 is 0.576 bits per heavy atom. The molecule has 0 bridgehead atoms. The van der Waals surface area contributed by atoms with Crippen molar-refractivity contribution in [3.05, 3.63) is 0 Å². The van der Waals surface area contributed by atoms with Gasteiger partial charge in [-0.3, -0.25) is 0 Å². The van der Waals surface area contributed by atoms with Crippen molar-refractivity contribution in [3.8, 4) is 0 Å². The van der Waals surface area contributed by atoms with Gasteiger partial charge in [0.15, 0.2) is 0 Å². The summed E-state index contributed by atoms with van der Waals surface area (Å²) in [6.07, 6.45) is 0. The van der Waals surface area contributed by atoms with E-state index in [2.05, 4.69) is 136 Å². The molecule has 4 aliphatic rings. The Balaban J connectivity index is 1.19. The molecule has 0 aromatic carbocycles. The van der Waals surface area contributed by atoms with Gasteiger partial charge in [-0.2, -0.15) is 106 Å². The molecule has 4 heterocycles. The van der Waals surface area contributed by atoms with E-state index in [-0.39, 0.29) is 0 Å². The Kier molecular flexibility index (Phi) is 15.8. The van der Waals surface area contributed by atoms with E-state index in [4.69, 9.17) is 0 Å².